The zero-order valence-corrected chi connectivity index (χ0v) is 15.8. The van der Waals surface area contributed by atoms with Crippen LogP contribution in [0.25, 0.3) is 6.08 Å². The third-order valence-electron chi connectivity index (χ3n) is 4.07. The van der Waals surface area contributed by atoms with Crippen molar-refractivity contribution >= 4 is 35.2 Å². The predicted octanol–water partition coefficient (Wildman–Crippen LogP) is 6.14. The van der Waals surface area contributed by atoms with Crippen LogP contribution in [0, 0.1) is 0 Å². The molecule has 0 aromatic heterocycles. The summed E-state index contributed by atoms with van der Waals surface area (Å²) in [5.74, 6) is -1.63. The Balaban J connectivity index is 2.00. The molecule has 2 aromatic rings. The van der Waals surface area contributed by atoms with Crippen molar-refractivity contribution in [1.82, 2.24) is 0 Å². The van der Waals surface area contributed by atoms with Crippen LogP contribution in [0.2, 0.25) is 10.0 Å². The Bertz CT molecular complexity index is 970. The number of carbonyl (C=O) groups is 1. The van der Waals surface area contributed by atoms with Gasteiger partial charge in [-0.1, -0.05) is 36.2 Å². The van der Waals surface area contributed by atoms with Crippen molar-refractivity contribution < 1.29 is 32.5 Å². The summed E-state index contributed by atoms with van der Waals surface area (Å²) in [4.78, 5) is 11.2. The van der Waals surface area contributed by atoms with E-state index in [0.717, 1.165) is 18.1 Å². The Kier molecular flexibility index (Phi) is 5.50. The first-order valence-corrected chi connectivity index (χ1v) is 8.83. The van der Waals surface area contributed by atoms with Crippen LogP contribution in [0.1, 0.15) is 18.1 Å². The van der Waals surface area contributed by atoms with Gasteiger partial charge in [-0.2, -0.15) is 13.2 Å². The number of carboxylic acids is 1. The highest BCUT2D eigenvalue weighted by Gasteiger charge is 2.48. The number of alkyl halides is 3. The van der Waals surface area contributed by atoms with E-state index in [1.807, 2.05) is 6.92 Å². The SMILES string of the molecule is CCc1ccc(Oc2cc3c(cc2Cl)C=C(C(=O)O)C(C(F)(F)F)O3)c(Cl)c1. The van der Waals surface area contributed by atoms with Crippen LogP contribution in [0.4, 0.5) is 13.2 Å². The van der Waals surface area contributed by atoms with Gasteiger partial charge in [0.05, 0.1) is 15.6 Å². The topological polar surface area (TPSA) is 55.8 Å². The first kappa shape index (κ1) is 20.4. The Labute approximate surface area is 168 Å². The molecule has 1 aliphatic heterocycles. The highest BCUT2D eigenvalue weighted by atomic mass is 35.5. The van der Waals surface area contributed by atoms with E-state index in [-0.39, 0.29) is 27.8 Å². The zero-order chi connectivity index (χ0) is 20.6. The number of hydrogen-bond donors (Lipinski definition) is 1. The lowest BCUT2D eigenvalue weighted by atomic mass is 10.0. The Hall–Kier alpha value is -2.38. The van der Waals surface area contributed by atoms with Crippen molar-refractivity contribution in [2.75, 3.05) is 0 Å². The Morgan fingerprint density at radius 3 is 2.43 bits per heavy atom. The van der Waals surface area contributed by atoms with Gasteiger partial charge >= 0.3 is 12.1 Å². The number of ether oxygens (including phenoxy) is 2. The zero-order valence-electron chi connectivity index (χ0n) is 14.3. The second-order valence-electron chi connectivity index (χ2n) is 5.99. The third kappa shape index (κ3) is 4.05. The molecule has 4 nitrogen and oxygen atoms in total. The number of hydrogen-bond acceptors (Lipinski definition) is 3. The highest BCUT2D eigenvalue weighted by Crippen LogP contribution is 2.43. The van der Waals surface area contributed by atoms with Gasteiger partial charge in [-0.05, 0) is 36.3 Å². The molecule has 0 amide bonds. The maximum Gasteiger partial charge on any atom is 0.430 e. The van der Waals surface area contributed by atoms with Crippen molar-refractivity contribution in [3.63, 3.8) is 0 Å². The van der Waals surface area contributed by atoms with Gasteiger partial charge in [-0.3, -0.25) is 0 Å². The number of aryl methyl sites for hydroxylation is 1. The molecular formula is C19H13Cl2F3O4. The fraction of sp³-hybridized carbons (Fsp3) is 0.211. The van der Waals surface area contributed by atoms with Crippen LogP contribution in [0.3, 0.4) is 0 Å². The molecule has 0 fully saturated rings. The van der Waals surface area contributed by atoms with Crippen molar-refractivity contribution in [2.24, 2.45) is 0 Å². The van der Waals surface area contributed by atoms with E-state index in [9.17, 15) is 18.0 Å². The molecule has 2 aromatic carbocycles. The van der Waals surface area contributed by atoms with Crippen molar-refractivity contribution in [2.45, 2.75) is 25.6 Å². The summed E-state index contributed by atoms with van der Waals surface area (Å²) in [5.41, 5.74) is 0.155. The average Bonchev–Trinajstić information content (AvgIpc) is 2.62. The smallest absolute Gasteiger partial charge is 0.430 e. The lowest BCUT2D eigenvalue weighted by Gasteiger charge is -2.27. The molecule has 0 saturated carbocycles. The van der Waals surface area contributed by atoms with E-state index in [1.54, 1.807) is 18.2 Å². The minimum atomic E-state index is -4.90. The molecule has 0 saturated heterocycles. The minimum Gasteiger partial charge on any atom is -0.478 e. The first-order valence-electron chi connectivity index (χ1n) is 8.08. The van der Waals surface area contributed by atoms with Crippen molar-refractivity contribution in [1.29, 1.82) is 0 Å². The lowest BCUT2D eigenvalue weighted by Crippen LogP contribution is -2.40. The average molecular weight is 433 g/mol. The van der Waals surface area contributed by atoms with Crippen LogP contribution in [-0.2, 0) is 11.2 Å². The second kappa shape index (κ2) is 7.56. The quantitative estimate of drug-likeness (QED) is 0.630. The molecule has 1 atom stereocenters. The maximum atomic E-state index is 13.2. The number of aliphatic carboxylic acids is 1. The number of rotatable bonds is 4. The summed E-state index contributed by atoms with van der Waals surface area (Å²) >= 11 is 12.3. The van der Waals surface area contributed by atoms with Gasteiger partial charge in [0.25, 0.3) is 0 Å². The fourth-order valence-corrected chi connectivity index (χ4v) is 3.11. The van der Waals surface area contributed by atoms with Crippen LogP contribution < -0.4 is 9.47 Å². The monoisotopic (exact) mass is 432 g/mol. The molecule has 1 unspecified atom stereocenters. The molecule has 28 heavy (non-hydrogen) atoms. The number of halogens is 5. The predicted molar refractivity (Wildman–Crippen MR) is 98.4 cm³/mol. The summed E-state index contributed by atoms with van der Waals surface area (Å²) in [6.07, 6.45) is -5.84. The second-order valence-corrected chi connectivity index (χ2v) is 6.80. The number of carboxylic acid groups (broad SMARTS) is 1. The molecule has 1 N–H and O–H groups in total. The molecule has 148 valence electrons. The minimum absolute atomic E-state index is 0.0275. The van der Waals surface area contributed by atoms with Gasteiger partial charge < -0.3 is 14.6 Å². The molecule has 3 rings (SSSR count). The van der Waals surface area contributed by atoms with E-state index >= 15 is 0 Å². The largest absolute Gasteiger partial charge is 0.478 e. The molecular weight excluding hydrogens is 420 g/mol. The molecule has 0 bridgehead atoms. The highest BCUT2D eigenvalue weighted by molar-refractivity contribution is 6.33. The van der Waals surface area contributed by atoms with Gasteiger partial charge in [0.15, 0.2) is 0 Å². The van der Waals surface area contributed by atoms with E-state index in [1.165, 1.54) is 12.1 Å². The van der Waals surface area contributed by atoms with Crippen LogP contribution in [-0.4, -0.2) is 23.4 Å². The van der Waals surface area contributed by atoms with Crippen LogP contribution >= 0.6 is 23.2 Å². The van der Waals surface area contributed by atoms with Gasteiger partial charge in [0.2, 0.25) is 6.10 Å². The molecule has 0 radical (unpaired) electrons. The van der Waals surface area contributed by atoms with E-state index in [2.05, 4.69) is 0 Å². The summed E-state index contributed by atoms with van der Waals surface area (Å²) in [6.45, 7) is 1.96. The van der Waals surface area contributed by atoms with Crippen molar-refractivity contribution in [3.05, 3.63) is 57.1 Å². The summed E-state index contributed by atoms with van der Waals surface area (Å²) in [5, 5.41) is 9.44. The Morgan fingerprint density at radius 1 is 1.18 bits per heavy atom. The standard InChI is InChI=1S/C19H13Cl2F3O4/c1-2-9-3-4-14(12(20)5-9)27-16-8-15-10(7-13(16)21)6-11(18(25)26)17(28-15)19(22,23)24/h3-8,17H,2H2,1H3,(H,25,26). The molecule has 0 spiro atoms. The maximum absolute atomic E-state index is 13.2. The fourth-order valence-electron chi connectivity index (χ4n) is 2.66. The van der Waals surface area contributed by atoms with Crippen LogP contribution in [0.5, 0.6) is 17.2 Å². The van der Waals surface area contributed by atoms with Gasteiger partial charge in [-0.15, -0.1) is 0 Å². The lowest BCUT2D eigenvalue weighted by molar-refractivity contribution is -0.187. The third-order valence-corrected chi connectivity index (χ3v) is 4.66. The van der Waals surface area contributed by atoms with E-state index in [0.29, 0.717) is 5.02 Å². The van der Waals surface area contributed by atoms with Crippen molar-refractivity contribution in [3.8, 4) is 17.2 Å². The van der Waals surface area contributed by atoms with Gasteiger partial charge in [-0.25, -0.2) is 4.79 Å². The van der Waals surface area contributed by atoms with Crippen LogP contribution in [0.15, 0.2) is 35.9 Å². The number of benzene rings is 2. The summed E-state index contributed by atoms with van der Waals surface area (Å²) in [6, 6.07) is 7.58. The Morgan fingerprint density at radius 2 is 1.86 bits per heavy atom. The molecule has 9 heteroatoms. The number of fused-ring (bicyclic) bond motifs is 1. The normalized spacial score (nSPS) is 16.1. The van der Waals surface area contributed by atoms with E-state index < -0.39 is 23.8 Å². The summed E-state index contributed by atoms with van der Waals surface area (Å²) in [7, 11) is 0. The summed E-state index contributed by atoms with van der Waals surface area (Å²) < 4.78 is 50.1. The van der Waals surface area contributed by atoms with Gasteiger partial charge in [0.1, 0.15) is 17.2 Å². The van der Waals surface area contributed by atoms with Gasteiger partial charge in [0, 0.05) is 11.6 Å². The van der Waals surface area contributed by atoms with E-state index in [4.69, 9.17) is 37.8 Å². The molecule has 1 aliphatic rings. The molecule has 0 aliphatic carbocycles. The first-order chi connectivity index (χ1) is 13.1. The molecule has 1 heterocycles.